The first-order valence-corrected chi connectivity index (χ1v) is 3.74. The van der Waals surface area contributed by atoms with E-state index < -0.39 is 17.9 Å². The molecule has 2 amide bonds. The Morgan fingerprint density at radius 3 is 2.08 bits per heavy atom. The average Bonchev–Trinajstić information content (AvgIpc) is 2.48. The number of aromatic nitrogens is 1. The second kappa shape index (κ2) is 2.85. The monoisotopic (exact) mass is 176 g/mol. The summed E-state index contributed by atoms with van der Waals surface area (Å²) in [5, 5.41) is 6.38. The van der Waals surface area contributed by atoms with Crippen molar-refractivity contribution < 1.29 is 14.2 Å². The molecule has 2 heterocycles. The fourth-order valence-corrected chi connectivity index (χ4v) is 1.15. The molecular weight excluding hydrogens is 170 g/mol. The molecule has 0 saturated heterocycles. The highest BCUT2D eigenvalue weighted by atomic mass is 16.2. The van der Waals surface area contributed by atoms with Gasteiger partial charge in [0.05, 0.1) is 0 Å². The van der Waals surface area contributed by atoms with E-state index in [0.29, 0.717) is 0 Å². The fourth-order valence-electron chi connectivity index (χ4n) is 1.15. The molecule has 0 fully saturated rings. The van der Waals surface area contributed by atoms with Gasteiger partial charge in [0.15, 0.2) is 12.4 Å². The van der Waals surface area contributed by atoms with Crippen LogP contribution in [-0.4, -0.2) is 11.8 Å². The largest absolute Gasteiger partial charge is 0.343 e. The molecule has 64 valence electrons. The third kappa shape index (κ3) is 1.24. The zero-order chi connectivity index (χ0) is 9.26. The summed E-state index contributed by atoms with van der Waals surface area (Å²) in [6.45, 7) is 0. The van der Waals surface area contributed by atoms with Gasteiger partial charge in [-0.15, -0.1) is 10.2 Å². The van der Waals surface area contributed by atoms with E-state index in [1.165, 1.54) is 4.57 Å². The molecule has 0 aliphatic carbocycles. The molecule has 0 unspecified atom stereocenters. The molecule has 13 heavy (non-hydrogen) atoms. The molecule has 5 heteroatoms. The Morgan fingerprint density at radius 2 is 1.54 bits per heavy atom. The second-order valence-electron chi connectivity index (χ2n) is 2.60. The van der Waals surface area contributed by atoms with E-state index in [-0.39, 0.29) is 0 Å². The standard InChI is InChI=1S/C8H6N3O2/c12-7-6(8(13)10-9-7)11-4-2-1-3-5-11/h1-6H/q+1. The fraction of sp³-hybridized carbons (Fsp3) is 0.125. The maximum Gasteiger partial charge on any atom is 0.343 e. The average molecular weight is 176 g/mol. The molecule has 5 nitrogen and oxygen atoms in total. The number of azo groups is 1. The highest BCUT2D eigenvalue weighted by molar-refractivity contribution is 6.05. The number of pyridine rings is 1. The van der Waals surface area contributed by atoms with Gasteiger partial charge in [-0.25, -0.2) is 0 Å². The van der Waals surface area contributed by atoms with Crippen LogP contribution in [0.25, 0.3) is 0 Å². The van der Waals surface area contributed by atoms with Crippen molar-refractivity contribution >= 4 is 11.8 Å². The van der Waals surface area contributed by atoms with Crippen LogP contribution >= 0.6 is 0 Å². The van der Waals surface area contributed by atoms with Crippen LogP contribution in [0.5, 0.6) is 0 Å². The van der Waals surface area contributed by atoms with E-state index >= 15 is 0 Å². The molecule has 0 bridgehead atoms. The lowest BCUT2D eigenvalue weighted by molar-refractivity contribution is -0.695. The third-order valence-corrected chi connectivity index (χ3v) is 1.75. The first-order chi connectivity index (χ1) is 6.29. The smallest absolute Gasteiger partial charge is 0.262 e. The molecule has 2 rings (SSSR count). The molecule has 0 radical (unpaired) electrons. The lowest BCUT2D eigenvalue weighted by Crippen LogP contribution is -2.44. The first kappa shape index (κ1) is 7.72. The molecule has 0 saturated carbocycles. The van der Waals surface area contributed by atoms with Crippen LogP contribution in [-0.2, 0) is 9.59 Å². The second-order valence-corrected chi connectivity index (χ2v) is 2.60. The van der Waals surface area contributed by atoms with Crippen LogP contribution in [0.2, 0.25) is 0 Å². The Bertz CT molecular complexity index is 368. The van der Waals surface area contributed by atoms with Gasteiger partial charge in [0.25, 0.3) is 0 Å². The van der Waals surface area contributed by atoms with Gasteiger partial charge in [-0.2, -0.15) is 4.57 Å². The van der Waals surface area contributed by atoms with Crippen molar-refractivity contribution in [2.45, 2.75) is 6.04 Å². The molecular formula is C8H6N3O2+. The summed E-state index contributed by atoms with van der Waals surface area (Å²) in [7, 11) is 0. The number of carbonyl (C=O) groups excluding carboxylic acids is 2. The van der Waals surface area contributed by atoms with E-state index in [1.54, 1.807) is 30.6 Å². The van der Waals surface area contributed by atoms with Gasteiger partial charge < -0.3 is 0 Å². The van der Waals surface area contributed by atoms with E-state index in [0.717, 1.165) is 0 Å². The van der Waals surface area contributed by atoms with Crippen LogP contribution in [0.4, 0.5) is 0 Å². The summed E-state index contributed by atoms with van der Waals surface area (Å²) in [6.07, 6.45) is 3.27. The molecule has 1 aliphatic rings. The predicted molar refractivity (Wildman–Crippen MR) is 40.5 cm³/mol. The van der Waals surface area contributed by atoms with Crippen molar-refractivity contribution in [3.63, 3.8) is 0 Å². The van der Waals surface area contributed by atoms with Crippen molar-refractivity contribution in [1.29, 1.82) is 0 Å². The Balaban J connectivity index is 2.38. The minimum absolute atomic E-state index is 0.513. The summed E-state index contributed by atoms with van der Waals surface area (Å²) in [5.74, 6) is -1.03. The van der Waals surface area contributed by atoms with Crippen molar-refractivity contribution in [2.24, 2.45) is 10.2 Å². The van der Waals surface area contributed by atoms with Crippen molar-refractivity contribution in [3.05, 3.63) is 30.6 Å². The number of hydrogen-bond acceptors (Lipinski definition) is 2. The van der Waals surface area contributed by atoms with Crippen LogP contribution < -0.4 is 4.57 Å². The number of carbonyl (C=O) groups is 2. The molecule has 1 aromatic heterocycles. The van der Waals surface area contributed by atoms with Gasteiger partial charge in [-0.05, 0) is 0 Å². The van der Waals surface area contributed by atoms with E-state index in [1.807, 2.05) is 0 Å². The Hall–Kier alpha value is -1.91. The SMILES string of the molecule is O=C1N=NC(=O)C1[n+]1ccccc1. The molecule has 0 aromatic carbocycles. The van der Waals surface area contributed by atoms with Crippen molar-refractivity contribution in [3.8, 4) is 0 Å². The Kier molecular flexibility index (Phi) is 1.70. The van der Waals surface area contributed by atoms with E-state index in [9.17, 15) is 9.59 Å². The summed E-state index contributed by atoms with van der Waals surface area (Å²) >= 11 is 0. The Labute approximate surface area is 73.7 Å². The van der Waals surface area contributed by atoms with Crippen LogP contribution in [0, 0.1) is 0 Å². The lowest BCUT2D eigenvalue weighted by Gasteiger charge is -1.96. The van der Waals surface area contributed by atoms with Gasteiger partial charge in [0, 0.05) is 12.1 Å². The van der Waals surface area contributed by atoms with Gasteiger partial charge in [-0.3, -0.25) is 9.59 Å². The van der Waals surface area contributed by atoms with Crippen LogP contribution in [0.3, 0.4) is 0 Å². The maximum absolute atomic E-state index is 11.1. The zero-order valence-electron chi connectivity index (χ0n) is 6.62. The van der Waals surface area contributed by atoms with E-state index in [4.69, 9.17) is 0 Å². The molecule has 1 aliphatic heterocycles. The summed E-state index contributed by atoms with van der Waals surface area (Å²) < 4.78 is 1.49. The minimum Gasteiger partial charge on any atom is -0.262 e. The van der Waals surface area contributed by atoms with Crippen LogP contribution in [0.1, 0.15) is 6.04 Å². The summed E-state index contributed by atoms with van der Waals surface area (Å²) in [6, 6.07) is 4.38. The van der Waals surface area contributed by atoms with Crippen LogP contribution in [0.15, 0.2) is 40.8 Å². The van der Waals surface area contributed by atoms with Gasteiger partial charge in [-0.1, -0.05) is 6.07 Å². The van der Waals surface area contributed by atoms with Crippen molar-refractivity contribution in [1.82, 2.24) is 0 Å². The summed E-state index contributed by atoms with van der Waals surface area (Å²) in [4.78, 5) is 22.2. The van der Waals surface area contributed by atoms with E-state index in [2.05, 4.69) is 10.2 Å². The van der Waals surface area contributed by atoms with Gasteiger partial charge >= 0.3 is 17.9 Å². The number of hydrogen-bond donors (Lipinski definition) is 0. The first-order valence-electron chi connectivity index (χ1n) is 3.74. The molecule has 1 aromatic rings. The molecule has 0 atom stereocenters. The number of rotatable bonds is 1. The normalized spacial score (nSPS) is 16.9. The Morgan fingerprint density at radius 1 is 1.00 bits per heavy atom. The lowest BCUT2D eigenvalue weighted by atomic mass is 10.2. The minimum atomic E-state index is -0.888. The molecule has 0 spiro atoms. The summed E-state index contributed by atoms with van der Waals surface area (Å²) in [5.41, 5.74) is 0. The zero-order valence-corrected chi connectivity index (χ0v) is 6.62. The molecule has 0 N–H and O–H groups in total. The number of nitrogens with zero attached hydrogens (tertiary/aromatic N) is 3. The van der Waals surface area contributed by atoms with Crippen molar-refractivity contribution in [2.75, 3.05) is 0 Å². The predicted octanol–water partition coefficient (Wildman–Crippen LogP) is 0.0342. The number of amides is 2. The third-order valence-electron chi connectivity index (χ3n) is 1.75. The highest BCUT2D eigenvalue weighted by Crippen LogP contribution is 2.10. The highest BCUT2D eigenvalue weighted by Gasteiger charge is 2.40. The quantitative estimate of drug-likeness (QED) is 0.447. The van der Waals surface area contributed by atoms with Gasteiger partial charge in [0.2, 0.25) is 0 Å². The topological polar surface area (TPSA) is 62.7 Å². The maximum atomic E-state index is 11.1. The van der Waals surface area contributed by atoms with Gasteiger partial charge in [0.1, 0.15) is 0 Å².